The molecule has 0 saturated carbocycles. The Bertz CT molecular complexity index is 713. The predicted octanol–water partition coefficient (Wildman–Crippen LogP) is 0.364. The standard InChI is InChI=1S/C17H23N3O2.Li.H/c1-10-7-11(2)13(12(3)8-10)9-20-14(15(21)22)18-16(19-20)17(4,5)6;;/h7-8H,9H2,1-6H3,(H,21,22);;/q;+1;-1. The molecule has 120 valence electrons. The van der Waals surface area contributed by atoms with Crippen molar-refractivity contribution in [1.82, 2.24) is 14.8 Å². The summed E-state index contributed by atoms with van der Waals surface area (Å²) in [6.45, 7) is 12.5. The van der Waals surface area contributed by atoms with Gasteiger partial charge in [0.15, 0.2) is 5.82 Å². The van der Waals surface area contributed by atoms with E-state index in [-0.39, 0.29) is 31.5 Å². The van der Waals surface area contributed by atoms with Gasteiger partial charge >= 0.3 is 24.8 Å². The van der Waals surface area contributed by atoms with Gasteiger partial charge in [0.2, 0.25) is 5.82 Å². The third-order valence-corrected chi connectivity index (χ3v) is 3.68. The second-order valence-corrected chi connectivity index (χ2v) is 6.85. The van der Waals surface area contributed by atoms with Gasteiger partial charge in [-0.3, -0.25) is 0 Å². The molecule has 2 rings (SSSR count). The molecule has 2 aromatic rings. The van der Waals surface area contributed by atoms with Gasteiger partial charge in [0, 0.05) is 5.41 Å². The van der Waals surface area contributed by atoms with Crippen LogP contribution in [-0.4, -0.2) is 25.8 Å². The van der Waals surface area contributed by atoms with Crippen molar-refractivity contribution in [3.05, 3.63) is 46.0 Å². The normalized spacial score (nSPS) is 11.2. The van der Waals surface area contributed by atoms with Gasteiger partial charge in [-0.1, -0.05) is 38.5 Å². The van der Waals surface area contributed by atoms with Gasteiger partial charge in [-0.2, -0.15) is 5.10 Å². The van der Waals surface area contributed by atoms with Crippen molar-refractivity contribution in [2.75, 3.05) is 0 Å². The smallest absolute Gasteiger partial charge is 1.00 e. The van der Waals surface area contributed by atoms with E-state index >= 15 is 0 Å². The number of aromatic nitrogens is 3. The van der Waals surface area contributed by atoms with Gasteiger partial charge in [0.25, 0.3) is 0 Å². The average Bonchev–Trinajstić information content (AvgIpc) is 2.77. The minimum Gasteiger partial charge on any atom is -1.00 e. The maximum atomic E-state index is 11.5. The van der Waals surface area contributed by atoms with Gasteiger partial charge in [-0.05, 0) is 37.5 Å². The molecular weight excluding hydrogens is 285 g/mol. The van der Waals surface area contributed by atoms with Gasteiger partial charge in [-0.15, -0.1) is 0 Å². The molecule has 0 atom stereocenters. The van der Waals surface area contributed by atoms with Crippen molar-refractivity contribution < 1.29 is 30.2 Å². The van der Waals surface area contributed by atoms with Crippen molar-refractivity contribution in [2.45, 2.75) is 53.5 Å². The van der Waals surface area contributed by atoms with Crippen LogP contribution in [0.4, 0.5) is 0 Å². The van der Waals surface area contributed by atoms with E-state index in [4.69, 9.17) is 0 Å². The molecule has 0 bridgehead atoms. The number of aromatic carboxylic acids is 1. The molecule has 0 saturated heterocycles. The molecule has 0 radical (unpaired) electrons. The molecule has 0 aliphatic carbocycles. The number of carboxylic acid groups (broad SMARTS) is 1. The molecule has 1 N–H and O–H groups in total. The number of hydrogen-bond acceptors (Lipinski definition) is 3. The maximum Gasteiger partial charge on any atom is 1.00 e. The molecule has 6 heteroatoms. The zero-order valence-corrected chi connectivity index (χ0v) is 15.1. The van der Waals surface area contributed by atoms with Gasteiger partial charge in [-0.25, -0.2) is 14.5 Å². The minimum atomic E-state index is -1.05. The second kappa shape index (κ2) is 6.90. The summed E-state index contributed by atoms with van der Waals surface area (Å²) in [5, 5.41) is 13.8. The van der Waals surface area contributed by atoms with Crippen molar-refractivity contribution in [1.29, 1.82) is 0 Å². The average molecular weight is 309 g/mol. The predicted molar refractivity (Wildman–Crippen MR) is 86.5 cm³/mol. The molecule has 1 aromatic carbocycles. The van der Waals surface area contributed by atoms with Crippen LogP contribution in [0, 0.1) is 20.8 Å². The second-order valence-electron chi connectivity index (χ2n) is 6.85. The number of aryl methyl sites for hydroxylation is 3. The SMILES string of the molecule is Cc1cc(C)c(Cn2nc(C(C)(C)C)nc2C(=O)O)c(C)c1.[H-].[Li+]. The van der Waals surface area contributed by atoms with Crippen molar-refractivity contribution in [3.63, 3.8) is 0 Å². The van der Waals surface area contributed by atoms with E-state index < -0.39 is 5.97 Å². The number of hydrogen-bond donors (Lipinski definition) is 1. The van der Waals surface area contributed by atoms with Crippen LogP contribution < -0.4 is 18.9 Å². The third kappa shape index (κ3) is 4.24. The fourth-order valence-electron chi connectivity index (χ4n) is 2.54. The van der Waals surface area contributed by atoms with Gasteiger partial charge < -0.3 is 6.53 Å². The molecule has 0 spiro atoms. The molecular formula is C17H24LiN3O2. The van der Waals surface area contributed by atoms with Crippen LogP contribution in [0.1, 0.15) is 60.9 Å². The van der Waals surface area contributed by atoms with Gasteiger partial charge in [0.1, 0.15) is 0 Å². The van der Waals surface area contributed by atoms with Crippen LogP contribution in [0.5, 0.6) is 0 Å². The Morgan fingerprint density at radius 3 is 2.17 bits per heavy atom. The first-order valence-electron chi connectivity index (χ1n) is 7.35. The Balaban J connectivity index is 0.00000264. The molecule has 5 nitrogen and oxygen atoms in total. The molecule has 0 aliphatic rings. The van der Waals surface area contributed by atoms with Crippen LogP contribution >= 0.6 is 0 Å². The van der Waals surface area contributed by atoms with E-state index in [0.29, 0.717) is 12.4 Å². The fraction of sp³-hybridized carbons (Fsp3) is 0.471. The van der Waals surface area contributed by atoms with Gasteiger partial charge in [0.05, 0.1) is 6.54 Å². The van der Waals surface area contributed by atoms with Crippen LogP contribution in [0.3, 0.4) is 0 Å². The number of carboxylic acids is 1. The molecule has 0 fully saturated rings. The Hall–Kier alpha value is -1.57. The summed E-state index contributed by atoms with van der Waals surface area (Å²) in [4.78, 5) is 15.7. The number of carbonyl (C=O) groups is 1. The Kier molecular flexibility index (Phi) is 5.84. The topological polar surface area (TPSA) is 68.0 Å². The Labute approximate surface area is 150 Å². The molecule has 1 aromatic heterocycles. The monoisotopic (exact) mass is 309 g/mol. The Morgan fingerprint density at radius 1 is 1.22 bits per heavy atom. The van der Waals surface area contributed by atoms with Crippen LogP contribution in [0.15, 0.2) is 12.1 Å². The third-order valence-electron chi connectivity index (χ3n) is 3.68. The first-order chi connectivity index (χ1) is 10.1. The number of benzene rings is 1. The summed E-state index contributed by atoms with van der Waals surface area (Å²) in [6, 6.07) is 4.20. The zero-order chi connectivity index (χ0) is 16.7. The molecule has 0 unspecified atom stereocenters. The van der Waals surface area contributed by atoms with Crippen LogP contribution in [-0.2, 0) is 12.0 Å². The van der Waals surface area contributed by atoms with E-state index in [1.807, 2.05) is 34.6 Å². The molecule has 0 amide bonds. The quantitative estimate of drug-likeness (QED) is 0.832. The summed E-state index contributed by atoms with van der Waals surface area (Å²) >= 11 is 0. The summed E-state index contributed by atoms with van der Waals surface area (Å²) in [5.41, 5.74) is 4.29. The number of nitrogens with zero attached hydrogens (tertiary/aromatic N) is 3. The van der Waals surface area contributed by atoms with E-state index in [9.17, 15) is 9.90 Å². The van der Waals surface area contributed by atoms with E-state index in [2.05, 4.69) is 29.1 Å². The maximum absolute atomic E-state index is 11.5. The zero-order valence-electron chi connectivity index (χ0n) is 16.1. The summed E-state index contributed by atoms with van der Waals surface area (Å²) < 4.78 is 1.49. The number of rotatable bonds is 3. The van der Waals surface area contributed by atoms with E-state index in [0.717, 1.165) is 16.7 Å². The molecule has 23 heavy (non-hydrogen) atoms. The summed E-state index contributed by atoms with van der Waals surface area (Å²) in [5.74, 6) is -0.512. The van der Waals surface area contributed by atoms with Crippen LogP contribution in [0.2, 0.25) is 0 Å². The summed E-state index contributed by atoms with van der Waals surface area (Å²) in [7, 11) is 0. The van der Waals surface area contributed by atoms with Crippen molar-refractivity contribution in [3.8, 4) is 0 Å². The van der Waals surface area contributed by atoms with E-state index in [1.54, 1.807) is 0 Å². The summed E-state index contributed by atoms with van der Waals surface area (Å²) in [6.07, 6.45) is 0. The van der Waals surface area contributed by atoms with Crippen molar-refractivity contribution >= 4 is 5.97 Å². The van der Waals surface area contributed by atoms with Crippen molar-refractivity contribution in [2.24, 2.45) is 0 Å². The molecule has 0 aliphatic heterocycles. The van der Waals surface area contributed by atoms with Crippen LogP contribution in [0.25, 0.3) is 0 Å². The molecule has 1 heterocycles. The Morgan fingerprint density at radius 2 is 1.74 bits per heavy atom. The largest absolute Gasteiger partial charge is 1.00 e. The fourth-order valence-corrected chi connectivity index (χ4v) is 2.54. The first-order valence-corrected chi connectivity index (χ1v) is 7.35. The van der Waals surface area contributed by atoms with E-state index in [1.165, 1.54) is 10.2 Å². The minimum absolute atomic E-state index is 0. The first kappa shape index (κ1) is 19.5.